The van der Waals surface area contributed by atoms with Crippen LogP contribution < -0.4 is 0 Å². The van der Waals surface area contributed by atoms with Crippen LogP contribution >= 0.6 is 0 Å². The van der Waals surface area contributed by atoms with Gasteiger partial charge in [-0.2, -0.15) is 13.2 Å². The van der Waals surface area contributed by atoms with Crippen molar-refractivity contribution < 1.29 is 24.4 Å². The lowest BCUT2D eigenvalue weighted by molar-refractivity contribution is -0.166. The van der Waals surface area contributed by atoms with Crippen molar-refractivity contribution in [1.82, 2.24) is 0 Å². The summed E-state index contributed by atoms with van der Waals surface area (Å²) >= 11 is 0. The fraction of sp³-hybridized carbons (Fsp3) is 0.222. The van der Waals surface area contributed by atoms with E-state index in [4.69, 9.17) is 6.48 Å². The highest BCUT2D eigenvalue weighted by molar-refractivity contribution is 5.87. The first kappa shape index (κ1) is 9.32. The van der Waals surface area contributed by atoms with E-state index in [-0.39, 0.29) is 11.1 Å². The van der Waals surface area contributed by atoms with Crippen LogP contribution in [-0.2, 0) is 5.66 Å². The largest absolute Gasteiger partial charge is 0.478 e. The Bertz CT molecular complexity index is 521. The lowest BCUT2D eigenvalue weighted by Crippen LogP contribution is -2.30. The van der Waals surface area contributed by atoms with Gasteiger partial charge in [-0.3, -0.25) is 0 Å². The second-order valence-electron chi connectivity index (χ2n) is 3.17. The molecule has 0 radical (unpaired) electrons. The Balaban J connectivity index is 2.43. The van der Waals surface area contributed by atoms with Gasteiger partial charge in [0.15, 0.2) is 0 Å². The summed E-state index contributed by atoms with van der Waals surface area (Å²) in [6.45, 7) is 0. The molecule has 0 bridgehead atoms. The lowest BCUT2D eigenvalue weighted by atomic mass is 10.0. The SMILES string of the molecule is [3H]c1cc(C2(C(F)(F)F)N=N2)ccc1C(=O)O. The molecule has 7 heteroatoms. The van der Waals surface area contributed by atoms with E-state index >= 15 is 0 Å². The van der Waals surface area contributed by atoms with Crippen molar-refractivity contribution in [3.63, 3.8) is 0 Å². The third-order valence-corrected chi connectivity index (χ3v) is 2.14. The molecule has 1 N–H and O–H groups in total. The molecule has 1 aromatic rings. The zero-order chi connectivity index (χ0) is 12.8. The molecule has 1 heterocycles. The molecule has 0 amide bonds. The van der Waals surface area contributed by atoms with Crippen molar-refractivity contribution in [1.29, 1.82) is 0 Å². The topological polar surface area (TPSA) is 62.0 Å². The molecule has 16 heavy (non-hydrogen) atoms. The van der Waals surface area contributed by atoms with Crippen molar-refractivity contribution in [2.24, 2.45) is 10.2 Å². The predicted octanol–water partition coefficient (Wildman–Crippen LogP) is 2.57. The molecule has 0 saturated carbocycles. The van der Waals surface area contributed by atoms with Gasteiger partial charge >= 0.3 is 17.8 Å². The van der Waals surface area contributed by atoms with Crippen LogP contribution in [-0.4, -0.2) is 17.3 Å². The molecule has 1 aliphatic rings. The number of carbonyl (C=O) groups is 1. The monoisotopic (exact) mass is 232 g/mol. The van der Waals surface area contributed by atoms with Crippen LogP contribution in [0.2, 0.25) is 0 Å². The first-order valence-electron chi connectivity index (χ1n) is 4.63. The Morgan fingerprint density at radius 1 is 1.38 bits per heavy atom. The van der Waals surface area contributed by atoms with Gasteiger partial charge in [0, 0.05) is 5.56 Å². The zero-order valence-electron chi connectivity index (χ0n) is 8.62. The smallest absolute Gasteiger partial charge is 0.442 e. The van der Waals surface area contributed by atoms with E-state index in [0.717, 1.165) is 18.2 Å². The first-order chi connectivity index (χ1) is 7.78. The van der Waals surface area contributed by atoms with Crippen LogP contribution in [0.4, 0.5) is 13.2 Å². The fourth-order valence-electron chi connectivity index (χ4n) is 1.22. The fourth-order valence-corrected chi connectivity index (χ4v) is 1.22. The minimum atomic E-state index is -4.68. The van der Waals surface area contributed by atoms with Crippen LogP contribution in [0.15, 0.2) is 34.5 Å². The molecule has 1 aromatic carbocycles. The van der Waals surface area contributed by atoms with Gasteiger partial charge in [-0.25, -0.2) is 4.79 Å². The Morgan fingerprint density at radius 2 is 2.00 bits per heavy atom. The second kappa shape index (κ2) is 3.03. The quantitative estimate of drug-likeness (QED) is 0.851. The van der Waals surface area contributed by atoms with Gasteiger partial charge in [-0.05, 0) is 12.1 Å². The van der Waals surface area contributed by atoms with Crippen LogP contribution in [0.25, 0.3) is 0 Å². The minimum absolute atomic E-state index is 0.347. The number of nitrogens with zero attached hydrogens (tertiary/aromatic N) is 2. The van der Waals surface area contributed by atoms with E-state index in [1.807, 2.05) is 0 Å². The van der Waals surface area contributed by atoms with Crippen molar-refractivity contribution in [2.75, 3.05) is 0 Å². The van der Waals surface area contributed by atoms with E-state index in [1.54, 1.807) is 0 Å². The molecular formula is C9H5F3N2O2. The summed E-state index contributed by atoms with van der Waals surface area (Å²) in [6.07, 6.45) is -4.68. The van der Waals surface area contributed by atoms with Crippen LogP contribution in [0.5, 0.6) is 0 Å². The van der Waals surface area contributed by atoms with Gasteiger partial charge < -0.3 is 5.11 Å². The molecule has 4 nitrogen and oxygen atoms in total. The number of rotatable bonds is 2. The lowest BCUT2D eigenvalue weighted by Gasteiger charge is -2.14. The number of hydrogen-bond donors (Lipinski definition) is 1. The molecule has 2 rings (SSSR count). The maximum Gasteiger partial charge on any atom is 0.442 e. The number of halogens is 3. The second-order valence-corrected chi connectivity index (χ2v) is 3.17. The van der Waals surface area contributed by atoms with E-state index in [2.05, 4.69) is 10.2 Å². The summed E-state index contributed by atoms with van der Waals surface area (Å²) in [6, 6.07) is 2.22. The number of hydrogen-bond acceptors (Lipinski definition) is 3. The van der Waals surface area contributed by atoms with Gasteiger partial charge in [0.2, 0.25) is 0 Å². The van der Waals surface area contributed by atoms with Gasteiger partial charge in [0.05, 0.1) is 6.93 Å². The van der Waals surface area contributed by atoms with Gasteiger partial charge in [0.25, 0.3) is 0 Å². The van der Waals surface area contributed by atoms with E-state index < -0.39 is 23.9 Å². The summed E-state index contributed by atoms with van der Waals surface area (Å²) in [5, 5.41) is 14.6. The van der Waals surface area contributed by atoms with Crippen molar-refractivity contribution in [3.8, 4) is 0 Å². The number of alkyl halides is 3. The zero-order valence-corrected chi connectivity index (χ0v) is 7.62. The summed E-state index contributed by atoms with van der Waals surface area (Å²) in [7, 11) is 0. The number of carboxylic acids is 1. The van der Waals surface area contributed by atoms with Gasteiger partial charge in [0.1, 0.15) is 0 Å². The molecule has 1 aliphatic heterocycles. The first-order valence-corrected chi connectivity index (χ1v) is 4.13. The highest BCUT2D eigenvalue weighted by Crippen LogP contribution is 2.52. The average molecular weight is 232 g/mol. The van der Waals surface area contributed by atoms with Crippen LogP contribution in [0, 0.1) is 0 Å². The maximum atomic E-state index is 12.6. The van der Waals surface area contributed by atoms with Crippen LogP contribution in [0.1, 0.15) is 17.3 Å². The highest BCUT2D eigenvalue weighted by Gasteiger charge is 2.65. The third kappa shape index (κ3) is 1.44. The molecule has 0 unspecified atom stereocenters. The number of carboxylic acid groups (broad SMARTS) is 1. The molecule has 0 saturated heterocycles. The summed E-state index contributed by atoms with van der Waals surface area (Å²) < 4.78 is 45.1. The molecule has 0 aromatic heterocycles. The maximum absolute atomic E-state index is 12.6. The Morgan fingerprint density at radius 3 is 2.38 bits per heavy atom. The third-order valence-electron chi connectivity index (χ3n) is 2.14. The predicted molar refractivity (Wildman–Crippen MR) is 46.0 cm³/mol. The minimum Gasteiger partial charge on any atom is -0.478 e. The number of aromatic carboxylic acids is 1. The summed E-state index contributed by atoms with van der Waals surface area (Å²) in [4.78, 5) is 10.6. The van der Waals surface area contributed by atoms with Crippen LogP contribution in [0.3, 0.4) is 0 Å². The highest BCUT2D eigenvalue weighted by atomic mass is 19.4. The Kier molecular flexibility index (Phi) is 1.77. The Labute approximate surface area is 88.8 Å². The summed E-state index contributed by atoms with van der Waals surface area (Å²) in [5.41, 5.74) is -3.33. The molecular weight excluding hydrogens is 225 g/mol. The molecule has 0 spiro atoms. The molecule has 84 valence electrons. The molecule has 0 fully saturated rings. The van der Waals surface area contributed by atoms with E-state index in [1.165, 1.54) is 0 Å². The number of benzene rings is 1. The van der Waals surface area contributed by atoms with Crippen molar-refractivity contribution in [2.45, 2.75) is 11.8 Å². The van der Waals surface area contributed by atoms with Gasteiger partial charge in [-0.1, -0.05) is 12.1 Å². The molecule has 0 atom stereocenters. The average Bonchev–Trinajstić information content (AvgIpc) is 2.95. The van der Waals surface area contributed by atoms with E-state index in [9.17, 15) is 18.0 Å². The van der Waals surface area contributed by atoms with Crippen molar-refractivity contribution in [3.05, 3.63) is 35.4 Å². The van der Waals surface area contributed by atoms with Gasteiger partial charge in [-0.15, -0.1) is 10.2 Å². The standard InChI is InChI=1S/C9H5F3N2O2/c10-9(11,12)8(13-14-8)6-3-1-5(2-4-6)7(15)16/h1-4H,(H,15,16)/i1T. The van der Waals surface area contributed by atoms with E-state index in [0.29, 0.717) is 0 Å². The summed E-state index contributed by atoms with van der Waals surface area (Å²) in [5.74, 6) is -1.37. The Hall–Kier alpha value is -1.92. The normalized spacial score (nSPS) is 18.1. The van der Waals surface area contributed by atoms with Crippen molar-refractivity contribution >= 4 is 5.97 Å². The molecule has 0 aliphatic carbocycles.